The third-order valence-electron chi connectivity index (χ3n) is 4.09. The lowest BCUT2D eigenvalue weighted by Crippen LogP contribution is -2.39. The summed E-state index contributed by atoms with van der Waals surface area (Å²) in [7, 11) is 0. The smallest absolute Gasteiger partial charge is 0.223 e. The standard InChI is InChI=1S/C19H32N2O/c1-5-8-9-15(4)19(22)21-17(6-2)14-16-10-12-18(13-11-16)20-7-3/h10-13,15,17,20H,5-9,14H2,1-4H3,(H,21,22)/t15-,17+/m0/s1. The van der Waals surface area contributed by atoms with Crippen LogP contribution in [0.25, 0.3) is 0 Å². The number of amides is 1. The Bertz CT molecular complexity index is 428. The van der Waals surface area contributed by atoms with E-state index < -0.39 is 0 Å². The minimum Gasteiger partial charge on any atom is -0.385 e. The zero-order valence-electron chi connectivity index (χ0n) is 14.6. The first-order valence-electron chi connectivity index (χ1n) is 8.73. The highest BCUT2D eigenvalue weighted by atomic mass is 16.1. The number of hydrogen-bond donors (Lipinski definition) is 2. The van der Waals surface area contributed by atoms with Gasteiger partial charge in [-0.1, -0.05) is 45.7 Å². The number of benzene rings is 1. The van der Waals surface area contributed by atoms with Crippen LogP contribution in [0.15, 0.2) is 24.3 Å². The molecule has 2 N–H and O–H groups in total. The molecule has 2 atom stereocenters. The van der Waals surface area contributed by atoms with Gasteiger partial charge in [0, 0.05) is 24.2 Å². The largest absolute Gasteiger partial charge is 0.385 e. The van der Waals surface area contributed by atoms with Crippen LogP contribution in [-0.4, -0.2) is 18.5 Å². The SMILES string of the molecule is CCCC[C@H](C)C(=O)N[C@H](CC)Cc1ccc(NCC)cc1. The van der Waals surface area contributed by atoms with Crippen molar-refractivity contribution in [2.24, 2.45) is 5.92 Å². The van der Waals surface area contributed by atoms with E-state index in [4.69, 9.17) is 0 Å². The van der Waals surface area contributed by atoms with Crippen molar-refractivity contribution in [1.29, 1.82) is 0 Å². The fourth-order valence-corrected chi connectivity index (χ4v) is 2.53. The van der Waals surface area contributed by atoms with Crippen LogP contribution < -0.4 is 10.6 Å². The van der Waals surface area contributed by atoms with Crippen molar-refractivity contribution in [1.82, 2.24) is 5.32 Å². The van der Waals surface area contributed by atoms with Gasteiger partial charge >= 0.3 is 0 Å². The van der Waals surface area contributed by atoms with Crippen LogP contribution in [0, 0.1) is 5.92 Å². The second kappa shape index (κ2) is 10.3. The zero-order valence-corrected chi connectivity index (χ0v) is 14.6. The molecule has 3 nitrogen and oxygen atoms in total. The second-order valence-corrected chi connectivity index (χ2v) is 6.09. The van der Waals surface area contributed by atoms with Crippen molar-refractivity contribution >= 4 is 11.6 Å². The molecule has 0 aromatic heterocycles. The van der Waals surface area contributed by atoms with Gasteiger partial charge in [0.05, 0.1) is 0 Å². The summed E-state index contributed by atoms with van der Waals surface area (Å²) >= 11 is 0. The first-order valence-corrected chi connectivity index (χ1v) is 8.73. The first-order chi connectivity index (χ1) is 10.6. The molecule has 124 valence electrons. The summed E-state index contributed by atoms with van der Waals surface area (Å²) in [6.45, 7) is 9.35. The van der Waals surface area contributed by atoms with Crippen molar-refractivity contribution in [3.63, 3.8) is 0 Å². The number of carbonyl (C=O) groups is 1. The van der Waals surface area contributed by atoms with Gasteiger partial charge in [-0.3, -0.25) is 4.79 Å². The number of rotatable bonds is 10. The van der Waals surface area contributed by atoms with E-state index in [1.54, 1.807) is 0 Å². The maximum Gasteiger partial charge on any atom is 0.223 e. The van der Waals surface area contributed by atoms with Gasteiger partial charge in [0.1, 0.15) is 0 Å². The monoisotopic (exact) mass is 304 g/mol. The molecule has 0 fully saturated rings. The Kier molecular flexibility index (Phi) is 8.64. The van der Waals surface area contributed by atoms with Crippen molar-refractivity contribution in [3.8, 4) is 0 Å². The molecule has 0 saturated heterocycles. The lowest BCUT2D eigenvalue weighted by molar-refractivity contribution is -0.125. The molecule has 0 bridgehead atoms. The lowest BCUT2D eigenvalue weighted by atomic mass is 10.00. The Morgan fingerprint density at radius 2 is 1.82 bits per heavy atom. The Balaban J connectivity index is 2.51. The van der Waals surface area contributed by atoms with Crippen molar-refractivity contribution in [3.05, 3.63) is 29.8 Å². The molecule has 0 spiro atoms. The van der Waals surface area contributed by atoms with E-state index in [0.29, 0.717) is 0 Å². The maximum atomic E-state index is 12.2. The van der Waals surface area contributed by atoms with Gasteiger partial charge in [0.25, 0.3) is 0 Å². The fourth-order valence-electron chi connectivity index (χ4n) is 2.53. The molecule has 1 amide bonds. The Labute approximate surface area is 135 Å². The quantitative estimate of drug-likeness (QED) is 0.673. The number of hydrogen-bond acceptors (Lipinski definition) is 2. The van der Waals surface area contributed by atoms with Gasteiger partial charge < -0.3 is 10.6 Å². The highest BCUT2D eigenvalue weighted by molar-refractivity contribution is 5.78. The summed E-state index contributed by atoms with van der Waals surface area (Å²) in [6, 6.07) is 8.73. The van der Waals surface area contributed by atoms with E-state index in [-0.39, 0.29) is 17.9 Å². The van der Waals surface area contributed by atoms with Gasteiger partial charge in [0.2, 0.25) is 5.91 Å². The molecule has 0 saturated carbocycles. The molecular formula is C19H32N2O. The predicted molar refractivity (Wildman–Crippen MR) is 95.2 cm³/mol. The van der Waals surface area contributed by atoms with Crippen LogP contribution in [-0.2, 0) is 11.2 Å². The topological polar surface area (TPSA) is 41.1 Å². The minimum absolute atomic E-state index is 0.116. The second-order valence-electron chi connectivity index (χ2n) is 6.09. The van der Waals surface area contributed by atoms with E-state index in [2.05, 4.69) is 55.7 Å². The maximum absolute atomic E-state index is 12.2. The summed E-state index contributed by atoms with van der Waals surface area (Å²) in [5.74, 6) is 0.315. The molecule has 0 aliphatic heterocycles. The zero-order chi connectivity index (χ0) is 16.4. The van der Waals surface area contributed by atoms with Gasteiger partial charge in [-0.15, -0.1) is 0 Å². The molecule has 1 aromatic rings. The van der Waals surface area contributed by atoms with E-state index in [1.165, 1.54) is 5.56 Å². The van der Waals surface area contributed by atoms with Gasteiger partial charge in [-0.2, -0.15) is 0 Å². The lowest BCUT2D eigenvalue weighted by Gasteiger charge is -2.20. The van der Waals surface area contributed by atoms with Gasteiger partial charge in [0.15, 0.2) is 0 Å². The molecule has 3 heteroatoms. The fraction of sp³-hybridized carbons (Fsp3) is 0.632. The van der Waals surface area contributed by atoms with E-state index in [0.717, 1.165) is 44.3 Å². The molecule has 0 heterocycles. The molecule has 0 unspecified atom stereocenters. The van der Waals surface area contributed by atoms with Crippen molar-refractivity contribution in [2.75, 3.05) is 11.9 Å². The van der Waals surface area contributed by atoms with Crippen LogP contribution in [0.2, 0.25) is 0 Å². The van der Waals surface area contributed by atoms with E-state index in [1.807, 2.05) is 6.92 Å². The summed E-state index contributed by atoms with van der Waals surface area (Å²) in [5.41, 5.74) is 2.42. The highest BCUT2D eigenvalue weighted by Crippen LogP contribution is 2.13. The number of unbranched alkanes of at least 4 members (excludes halogenated alkanes) is 1. The summed E-state index contributed by atoms with van der Waals surface area (Å²) in [6.07, 6.45) is 5.11. The molecule has 0 aliphatic rings. The summed E-state index contributed by atoms with van der Waals surface area (Å²) in [5, 5.41) is 6.51. The third-order valence-corrected chi connectivity index (χ3v) is 4.09. The minimum atomic E-state index is 0.116. The van der Waals surface area contributed by atoms with Gasteiger partial charge in [-0.25, -0.2) is 0 Å². The van der Waals surface area contributed by atoms with Crippen LogP contribution in [0.4, 0.5) is 5.69 Å². The molecule has 0 aliphatic carbocycles. The summed E-state index contributed by atoms with van der Waals surface area (Å²) in [4.78, 5) is 12.2. The Morgan fingerprint density at radius 3 is 2.36 bits per heavy atom. The number of carbonyl (C=O) groups excluding carboxylic acids is 1. The molecule has 22 heavy (non-hydrogen) atoms. The molecule has 1 rings (SSSR count). The average molecular weight is 304 g/mol. The highest BCUT2D eigenvalue weighted by Gasteiger charge is 2.16. The first kappa shape index (κ1) is 18.5. The van der Waals surface area contributed by atoms with E-state index >= 15 is 0 Å². The van der Waals surface area contributed by atoms with Crippen LogP contribution in [0.1, 0.15) is 58.9 Å². The van der Waals surface area contributed by atoms with Crippen LogP contribution in [0.3, 0.4) is 0 Å². The molecule has 1 aromatic carbocycles. The van der Waals surface area contributed by atoms with Crippen molar-refractivity contribution in [2.45, 2.75) is 65.8 Å². The molecular weight excluding hydrogens is 272 g/mol. The van der Waals surface area contributed by atoms with Crippen LogP contribution in [0.5, 0.6) is 0 Å². The Hall–Kier alpha value is -1.51. The summed E-state index contributed by atoms with van der Waals surface area (Å²) < 4.78 is 0. The average Bonchev–Trinajstić information content (AvgIpc) is 2.53. The predicted octanol–water partition coefficient (Wildman–Crippen LogP) is 4.38. The van der Waals surface area contributed by atoms with Crippen LogP contribution >= 0.6 is 0 Å². The van der Waals surface area contributed by atoms with E-state index in [9.17, 15) is 4.79 Å². The normalized spacial score (nSPS) is 13.5. The number of nitrogens with one attached hydrogen (secondary N) is 2. The number of anilines is 1. The Morgan fingerprint density at radius 1 is 1.14 bits per heavy atom. The molecule has 0 radical (unpaired) electrons. The third kappa shape index (κ3) is 6.50. The van der Waals surface area contributed by atoms with Gasteiger partial charge in [-0.05, 0) is 43.9 Å². The van der Waals surface area contributed by atoms with Crippen molar-refractivity contribution < 1.29 is 4.79 Å².